The van der Waals surface area contributed by atoms with Crippen LogP contribution in [0.5, 0.6) is 0 Å². The molecule has 0 bridgehead atoms. The quantitative estimate of drug-likeness (QED) is 0.812. The van der Waals surface area contributed by atoms with Crippen LogP contribution in [0.4, 0.5) is 0 Å². The van der Waals surface area contributed by atoms with Crippen molar-refractivity contribution in [3.8, 4) is 0 Å². The summed E-state index contributed by atoms with van der Waals surface area (Å²) in [7, 11) is 0. The Bertz CT molecular complexity index is 353. The van der Waals surface area contributed by atoms with Crippen molar-refractivity contribution in [2.24, 2.45) is 0 Å². The fourth-order valence-electron chi connectivity index (χ4n) is 2.22. The van der Waals surface area contributed by atoms with Crippen LogP contribution in [0.1, 0.15) is 19.5 Å². The maximum atomic E-state index is 9.83. The molecule has 0 radical (unpaired) electrons. The van der Waals surface area contributed by atoms with Gasteiger partial charge in [-0.05, 0) is 19.5 Å². The lowest BCUT2D eigenvalue weighted by Crippen LogP contribution is -2.42. The topological polar surface area (TPSA) is 50.5 Å². The first kappa shape index (κ1) is 12.5. The minimum atomic E-state index is -0.372. The summed E-state index contributed by atoms with van der Waals surface area (Å²) in [6.45, 7) is 7.79. The number of ether oxygens (including phenoxy) is 1. The van der Waals surface area contributed by atoms with Gasteiger partial charge in [-0.1, -0.05) is 6.92 Å². The number of aryl methyl sites for hydroxylation is 1. The highest BCUT2D eigenvalue weighted by Gasteiger charge is 2.31. The van der Waals surface area contributed by atoms with Gasteiger partial charge in [0.05, 0.1) is 31.1 Å². The highest BCUT2D eigenvalue weighted by molar-refractivity contribution is 5.00. The molecule has 2 heterocycles. The van der Waals surface area contributed by atoms with E-state index in [1.807, 2.05) is 16.9 Å². The first-order valence-corrected chi connectivity index (χ1v) is 6.26. The summed E-state index contributed by atoms with van der Waals surface area (Å²) >= 11 is 0. The Balaban J connectivity index is 1.99. The average Bonchev–Trinajstić information content (AvgIpc) is 2.95. The lowest BCUT2D eigenvalue weighted by Gasteiger charge is -2.27. The van der Waals surface area contributed by atoms with Gasteiger partial charge in [-0.2, -0.15) is 5.10 Å². The van der Waals surface area contributed by atoms with Crippen LogP contribution < -0.4 is 0 Å². The number of aromatic nitrogens is 2. The van der Waals surface area contributed by atoms with Crippen molar-refractivity contribution < 1.29 is 9.84 Å². The summed E-state index contributed by atoms with van der Waals surface area (Å²) in [4.78, 5) is 2.22. The Labute approximate surface area is 102 Å². The first-order chi connectivity index (χ1) is 8.24. The van der Waals surface area contributed by atoms with Crippen molar-refractivity contribution in [3.05, 3.63) is 18.0 Å². The van der Waals surface area contributed by atoms with E-state index in [2.05, 4.69) is 23.8 Å². The maximum absolute atomic E-state index is 9.83. The van der Waals surface area contributed by atoms with E-state index in [1.165, 1.54) is 0 Å². The molecular formula is C12H21N3O2. The summed E-state index contributed by atoms with van der Waals surface area (Å²) in [5.41, 5.74) is 1.05. The van der Waals surface area contributed by atoms with Crippen molar-refractivity contribution >= 4 is 0 Å². The van der Waals surface area contributed by atoms with Gasteiger partial charge in [-0.15, -0.1) is 0 Å². The fraction of sp³-hybridized carbons (Fsp3) is 0.750. The van der Waals surface area contributed by atoms with Crippen LogP contribution in [0.25, 0.3) is 0 Å². The largest absolute Gasteiger partial charge is 0.389 e. The first-order valence-electron chi connectivity index (χ1n) is 6.26. The van der Waals surface area contributed by atoms with Crippen LogP contribution in [0.2, 0.25) is 0 Å². The minimum Gasteiger partial charge on any atom is -0.389 e. The summed E-state index contributed by atoms with van der Waals surface area (Å²) in [5, 5.41) is 14.3. The molecule has 1 aromatic heterocycles. The van der Waals surface area contributed by atoms with Crippen LogP contribution in [0, 0.1) is 0 Å². The van der Waals surface area contributed by atoms with Gasteiger partial charge in [-0.25, -0.2) is 0 Å². The molecule has 0 unspecified atom stereocenters. The molecule has 0 spiro atoms. The highest BCUT2D eigenvalue weighted by atomic mass is 16.5. The van der Waals surface area contributed by atoms with Crippen LogP contribution in [0.3, 0.4) is 0 Å². The van der Waals surface area contributed by atoms with Crippen LogP contribution >= 0.6 is 0 Å². The standard InChI is InChI=1S/C12H21N3O2/c1-3-14(11-8-17-9-12(11)16)7-10-5-6-15(4-2)13-10/h5-6,11-12,16H,3-4,7-9H2,1-2H3/t11-,12-/m0/s1. The molecule has 2 atom stereocenters. The predicted molar refractivity (Wildman–Crippen MR) is 64.6 cm³/mol. The number of aliphatic hydroxyl groups is 1. The van der Waals surface area contributed by atoms with E-state index in [1.54, 1.807) is 0 Å². The second-order valence-corrected chi connectivity index (χ2v) is 4.40. The van der Waals surface area contributed by atoms with E-state index < -0.39 is 0 Å². The average molecular weight is 239 g/mol. The van der Waals surface area contributed by atoms with Gasteiger partial charge in [0.15, 0.2) is 0 Å². The van der Waals surface area contributed by atoms with E-state index in [4.69, 9.17) is 4.74 Å². The monoisotopic (exact) mass is 239 g/mol. The fourth-order valence-corrected chi connectivity index (χ4v) is 2.22. The van der Waals surface area contributed by atoms with Crippen LogP contribution in [-0.2, 0) is 17.8 Å². The van der Waals surface area contributed by atoms with Gasteiger partial charge >= 0.3 is 0 Å². The Morgan fingerprint density at radius 1 is 1.53 bits per heavy atom. The van der Waals surface area contributed by atoms with E-state index in [0.717, 1.165) is 25.3 Å². The highest BCUT2D eigenvalue weighted by Crippen LogP contribution is 2.15. The molecule has 1 aliphatic rings. The SMILES string of the molecule is CCN(Cc1ccn(CC)n1)[C@H]1COC[C@@H]1O. The molecule has 1 aliphatic heterocycles. The number of aliphatic hydroxyl groups excluding tert-OH is 1. The van der Waals surface area contributed by atoms with E-state index in [0.29, 0.717) is 13.2 Å². The smallest absolute Gasteiger partial charge is 0.0950 e. The third-order valence-corrected chi connectivity index (χ3v) is 3.28. The molecule has 96 valence electrons. The van der Waals surface area contributed by atoms with Crippen LogP contribution in [-0.4, -0.2) is 51.7 Å². The number of hydrogen-bond acceptors (Lipinski definition) is 4. The van der Waals surface area contributed by atoms with Gasteiger partial charge in [0, 0.05) is 19.3 Å². The molecule has 0 aromatic carbocycles. The molecule has 17 heavy (non-hydrogen) atoms. The predicted octanol–water partition coefficient (Wildman–Crippen LogP) is 0.485. The zero-order valence-electron chi connectivity index (χ0n) is 10.5. The molecule has 5 heteroatoms. The molecule has 1 fully saturated rings. The molecule has 2 rings (SSSR count). The van der Waals surface area contributed by atoms with Gasteiger partial charge in [0.25, 0.3) is 0 Å². The van der Waals surface area contributed by atoms with Crippen molar-refractivity contribution in [2.45, 2.75) is 39.1 Å². The number of hydrogen-bond donors (Lipinski definition) is 1. The van der Waals surface area contributed by atoms with Gasteiger partial charge in [0.2, 0.25) is 0 Å². The zero-order valence-corrected chi connectivity index (χ0v) is 10.5. The summed E-state index contributed by atoms with van der Waals surface area (Å²) in [6, 6.07) is 2.14. The maximum Gasteiger partial charge on any atom is 0.0950 e. The Morgan fingerprint density at radius 2 is 2.35 bits per heavy atom. The molecular weight excluding hydrogens is 218 g/mol. The lowest BCUT2D eigenvalue weighted by molar-refractivity contribution is 0.0800. The molecule has 1 saturated heterocycles. The number of likely N-dealkylation sites (N-methyl/N-ethyl adjacent to an activating group) is 1. The van der Waals surface area contributed by atoms with Gasteiger partial charge in [-0.3, -0.25) is 9.58 Å². The van der Waals surface area contributed by atoms with Crippen LogP contribution in [0.15, 0.2) is 12.3 Å². The van der Waals surface area contributed by atoms with Crippen molar-refractivity contribution in [1.29, 1.82) is 0 Å². The number of rotatable bonds is 5. The summed E-state index contributed by atoms with van der Waals surface area (Å²) in [5.74, 6) is 0. The van der Waals surface area contributed by atoms with E-state index in [9.17, 15) is 5.11 Å². The molecule has 1 aromatic rings. The molecule has 0 aliphatic carbocycles. The summed E-state index contributed by atoms with van der Waals surface area (Å²) in [6.07, 6.45) is 1.62. The van der Waals surface area contributed by atoms with Crippen molar-refractivity contribution in [1.82, 2.24) is 14.7 Å². The zero-order chi connectivity index (χ0) is 12.3. The third-order valence-electron chi connectivity index (χ3n) is 3.28. The normalized spacial score (nSPS) is 24.7. The molecule has 5 nitrogen and oxygen atoms in total. The Morgan fingerprint density at radius 3 is 2.88 bits per heavy atom. The van der Waals surface area contributed by atoms with Gasteiger partial charge < -0.3 is 9.84 Å². The molecule has 0 saturated carbocycles. The van der Waals surface area contributed by atoms with Crippen molar-refractivity contribution in [2.75, 3.05) is 19.8 Å². The third kappa shape index (κ3) is 2.86. The molecule has 0 amide bonds. The second-order valence-electron chi connectivity index (χ2n) is 4.40. The van der Waals surface area contributed by atoms with E-state index >= 15 is 0 Å². The Kier molecular flexibility index (Phi) is 4.15. The van der Waals surface area contributed by atoms with Crippen molar-refractivity contribution in [3.63, 3.8) is 0 Å². The Hall–Kier alpha value is -0.910. The lowest BCUT2D eigenvalue weighted by atomic mass is 10.1. The number of nitrogens with zero attached hydrogens (tertiary/aromatic N) is 3. The summed E-state index contributed by atoms with van der Waals surface area (Å²) < 4.78 is 7.22. The minimum absolute atomic E-state index is 0.103. The second kappa shape index (κ2) is 5.62. The molecule has 1 N–H and O–H groups in total. The van der Waals surface area contributed by atoms with Gasteiger partial charge in [0.1, 0.15) is 0 Å². The van der Waals surface area contributed by atoms with E-state index in [-0.39, 0.29) is 12.1 Å².